The number of para-hydroxylation sites is 1. The summed E-state index contributed by atoms with van der Waals surface area (Å²) in [5.41, 5.74) is 7.13. The van der Waals surface area contributed by atoms with Gasteiger partial charge in [-0.2, -0.15) is 0 Å². The van der Waals surface area contributed by atoms with E-state index < -0.39 is 0 Å². The SMILES string of the molecule is CCC(N)Cc1cccc(OC)c1OCCOC(C)C. The summed E-state index contributed by atoms with van der Waals surface area (Å²) in [5, 5.41) is 0. The van der Waals surface area contributed by atoms with E-state index in [9.17, 15) is 0 Å². The molecular weight excluding hydrogens is 254 g/mol. The van der Waals surface area contributed by atoms with Crippen molar-refractivity contribution >= 4 is 0 Å². The fraction of sp³-hybridized carbons (Fsp3) is 0.625. The van der Waals surface area contributed by atoms with Crippen molar-refractivity contribution in [3.05, 3.63) is 23.8 Å². The minimum absolute atomic E-state index is 0.136. The molecule has 1 rings (SSSR count). The summed E-state index contributed by atoms with van der Waals surface area (Å²) in [6.07, 6.45) is 1.94. The monoisotopic (exact) mass is 281 g/mol. The van der Waals surface area contributed by atoms with Crippen LogP contribution in [-0.2, 0) is 11.2 Å². The van der Waals surface area contributed by atoms with Crippen molar-refractivity contribution in [3.8, 4) is 11.5 Å². The highest BCUT2D eigenvalue weighted by atomic mass is 16.5. The molecule has 0 amide bonds. The molecule has 114 valence electrons. The van der Waals surface area contributed by atoms with Gasteiger partial charge in [0.1, 0.15) is 6.61 Å². The minimum atomic E-state index is 0.136. The number of ether oxygens (including phenoxy) is 3. The van der Waals surface area contributed by atoms with Gasteiger partial charge in [-0.15, -0.1) is 0 Å². The Morgan fingerprint density at radius 3 is 2.55 bits per heavy atom. The summed E-state index contributed by atoms with van der Waals surface area (Å²) < 4.78 is 16.7. The van der Waals surface area contributed by atoms with E-state index in [0.29, 0.717) is 13.2 Å². The normalized spacial score (nSPS) is 12.5. The molecule has 0 heterocycles. The van der Waals surface area contributed by atoms with Gasteiger partial charge in [-0.05, 0) is 38.3 Å². The van der Waals surface area contributed by atoms with E-state index in [4.69, 9.17) is 19.9 Å². The molecule has 0 saturated carbocycles. The van der Waals surface area contributed by atoms with Crippen LogP contribution in [0.1, 0.15) is 32.8 Å². The topological polar surface area (TPSA) is 53.7 Å². The van der Waals surface area contributed by atoms with Gasteiger partial charge >= 0.3 is 0 Å². The maximum Gasteiger partial charge on any atom is 0.164 e. The van der Waals surface area contributed by atoms with E-state index in [1.54, 1.807) is 7.11 Å². The van der Waals surface area contributed by atoms with Crippen LogP contribution in [0.25, 0.3) is 0 Å². The van der Waals surface area contributed by atoms with Crippen LogP contribution < -0.4 is 15.2 Å². The molecule has 0 aliphatic rings. The van der Waals surface area contributed by atoms with Gasteiger partial charge in [-0.3, -0.25) is 0 Å². The average molecular weight is 281 g/mol. The van der Waals surface area contributed by atoms with Crippen LogP contribution >= 0.6 is 0 Å². The maximum absolute atomic E-state index is 6.04. The number of nitrogens with two attached hydrogens (primary N) is 1. The van der Waals surface area contributed by atoms with Crippen molar-refractivity contribution in [2.75, 3.05) is 20.3 Å². The van der Waals surface area contributed by atoms with Crippen LogP contribution in [0, 0.1) is 0 Å². The van der Waals surface area contributed by atoms with Crippen LogP contribution in [-0.4, -0.2) is 32.5 Å². The lowest BCUT2D eigenvalue weighted by Crippen LogP contribution is -2.22. The standard InChI is InChI=1S/C16H27NO3/c1-5-14(17)11-13-7-6-8-15(18-4)16(13)20-10-9-19-12(2)3/h6-8,12,14H,5,9-11,17H2,1-4H3. The number of hydrogen-bond donors (Lipinski definition) is 1. The Kier molecular flexibility index (Phi) is 7.41. The predicted molar refractivity (Wildman–Crippen MR) is 81.5 cm³/mol. The Hall–Kier alpha value is -1.26. The highest BCUT2D eigenvalue weighted by molar-refractivity contribution is 5.47. The van der Waals surface area contributed by atoms with Gasteiger partial charge in [0.05, 0.1) is 19.8 Å². The van der Waals surface area contributed by atoms with E-state index in [-0.39, 0.29) is 12.1 Å². The minimum Gasteiger partial charge on any atom is -0.493 e. The second-order valence-electron chi connectivity index (χ2n) is 5.09. The molecule has 20 heavy (non-hydrogen) atoms. The summed E-state index contributed by atoms with van der Waals surface area (Å²) in [6.45, 7) is 7.17. The molecule has 1 aromatic carbocycles. The van der Waals surface area contributed by atoms with E-state index >= 15 is 0 Å². The molecule has 1 aromatic rings. The molecule has 2 N–H and O–H groups in total. The molecule has 0 aliphatic heterocycles. The zero-order chi connectivity index (χ0) is 15.0. The van der Waals surface area contributed by atoms with E-state index in [0.717, 1.165) is 29.9 Å². The summed E-state index contributed by atoms with van der Waals surface area (Å²) in [4.78, 5) is 0. The number of hydrogen-bond acceptors (Lipinski definition) is 4. The predicted octanol–water partition coefficient (Wildman–Crippen LogP) is 2.78. The molecule has 0 aromatic heterocycles. The maximum atomic E-state index is 6.04. The molecule has 0 radical (unpaired) electrons. The zero-order valence-electron chi connectivity index (χ0n) is 13.0. The van der Waals surface area contributed by atoms with Crippen molar-refractivity contribution in [1.29, 1.82) is 0 Å². The molecular formula is C16H27NO3. The summed E-state index contributed by atoms with van der Waals surface area (Å²) >= 11 is 0. The Bertz CT molecular complexity index is 393. The molecule has 1 unspecified atom stereocenters. The van der Waals surface area contributed by atoms with Gasteiger partial charge in [0.2, 0.25) is 0 Å². The zero-order valence-corrected chi connectivity index (χ0v) is 13.0. The van der Waals surface area contributed by atoms with Crippen LogP contribution in [0.15, 0.2) is 18.2 Å². The lowest BCUT2D eigenvalue weighted by molar-refractivity contribution is 0.0544. The smallest absolute Gasteiger partial charge is 0.164 e. The van der Waals surface area contributed by atoms with Crippen LogP contribution in [0.3, 0.4) is 0 Å². The fourth-order valence-corrected chi connectivity index (χ4v) is 1.90. The summed E-state index contributed by atoms with van der Waals surface area (Å²) in [6, 6.07) is 6.04. The second kappa shape index (κ2) is 8.82. The van der Waals surface area contributed by atoms with Gasteiger partial charge in [-0.1, -0.05) is 19.1 Å². The van der Waals surface area contributed by atoms with Gasteiger partial charge in [0, 0.05) is 6.04 Å². The molecule has 4 nitrogen and oxygen atoms in total. The molecule has 4 heteroatoms. The first kappa shape index (κ1) is 16.8. The Labute approximate surface area is 122 Å². The first-order valence-electron chi connectivity index (χ1n) is 7.24. The van der Waals surface area contributed by atoms with Crippen LogP contribution in [0.2, 0.25) is 0 Å². The van der Waals surface area contributed by atoms with Crippen LogP contribution in [0.4, 0.5) is 0 Å². The molecule has 0 spiro atoms. The van der Waals surface area contributed by atoms with E-state index in [1.165, 1.54) is 0 Å². The molecule has 0 aliphatic carbocycles. The highest BCUT2D eigenvalue weighted by Crippen LogP contribution is 2.32. The second-order valence-corrected chi connectivity index (χ2v) is 5.09. The third kappa shape index (κ3) is 5.39. The quantitative estimate of drug-likeness (QED) is 0.707. The van der Waals surface area contributed by atoms with Crippen molar-refractivity contribution in [1.82, 2.24) is 0 Å². The summed E-state index contributed by atoms with van der Waals surface area (Å²) in [7, 11) is 1.65. The molecule has 0 bridgehead atoms. The lowest BCUT2D eigenvalue weighted by atomic mass is 10.0. The Morgan fingerprint density at radius 2 is 1.95 bits per heavy atom. The van der Waals surface area contributed by atoms with Crippen molar-refractivity contribution in [2.45, 2.75) is 45.8 Å². The van der Waals surface area contributed by atoms with Gasteiger partial charge in [-0.25, -0.2) is 0 Å². The molecule has 0 fully saturated rings. The number of methoxy groups -OCH3 is 1. The van der Waals surface area contributed by atoms with Gasteiger partial charge in [0.25, 0.3) is 0 Å². The molecule has 0 saturated heterocycles. The Morgan fingerprint density at radius 1 is 1.20 bits per heavy atom. The van der Waals surface area contributed by atoms with Gasteiger partial charge in [0.15, 0.2) is 11.5 Å². The average Bonchev–Trinajstić information content (AvgIpc) is 2.44. The highest BCUT2D eigenvalue weighted by Gasteiger charge is 2.13. The van der Waals surface area contributed by atoms with Crippen LogP contribution in [0.5, 0.6) is 11.5 Å². The van der Waals surface area contributed by atoms with Crippen molar-refractivity contribution in [2.24, 2.45) is 5.73 Å². The van der Waals surface area contributed by atoms with E-state index in [1.807, 2.05) is 32.0 Å². The summed E-state index contributed by atoms with van der Waals surface area (Å²) in [5.74, 6) is 1.53. The first-order valence-corrected chi connectivity index (χ1v) is 7.24. The van der Waals surface area contributed by atoms with Crippen molar-refractivity contribution < 1.29 is 14.2 Å². The third-order valence-corrected chi connectivity index (χ3v) is 3.07. The number of rotatable bonds is 9. The third-order valence-electron chi connectivity index (χ3n) is 3.07. The first-order chi connectivity index (χ1) is 9.58. The Balaban J connectivity index is 2.73. The van der Waals surface area contributed by atoms with Gasteiger partial charge < -0.3 is 19.9 Å². The largest absolute Gasteiger partial charge is 0.493 e. The van der Waals surface area contributed by atoms with Crippen molar-refractivity contribution in [3.63, 3.8) is 0 Å². The van der Waals surface area contributed by atoms with E-state index in [2.05, 4.69) is 6.92 Å². The number of benzene rings is 1. The fourth-order valence-electron chi connectivity index (χ4n) is 1.90. The molecule has 1 atom stereocenters. The lowest BCUT2D eigenvalue weighted by Gasteiger charge is -2.17.